The molecule has 0 fully saturated rings. The predicted molar refractivity (Wildman–Crippen MR) is 7.23 cm³/mol. The van der Waals surface area contributed by atoms with Crippen LogP contribution >= 0.6 is 0 Å². The van der Waals surface area contributed by atoms with Crippen molar-refractivity contribution in [2.24, 2.45) is 0 Å². The molecule has 0 aromatic heterocycles. The van der Waals surface area contributed by atoms with Crippen molar-refractivity contribution in [1.82, 2.24) is 0 Å². The van der Waals surface area contributed by atoms with Crippen molar-refractivity contribution in [1.29, 1.82) is 0 Å². The predicted octanol–water partition coefficient (Wildman–Crippen LogP) is -1.65. The van der Waals surface area contributed by atoms with Gasteiger partial charge in [-0.15, -0.1) is 0 Å². The van der Waals surface area contributed by atoms with Crippen LogP contribution in [0, 0.1) is 0 Å². The Labute approximate surface area is 45.2 Å². The van der Waals surface area contributed by atoms with Crippen LogP contribution in [0.3, 0.4) is 0 Å². The van der Waals surface area contributed by atoms with E-state index in [0.717, 1.165) is 0 Å². The van der Waals surface area contributed by atoms with Crippen molar-refractivity contribution in [2.75, 3.05) is 0 Å². The maximum atomic E-state index is 0. The van der Waals surface area contributed by atoms with E-state index >= 15 is 0 Å². The van der Waals surface area contributed by atoms with Crippen molar-refractivity contribution < 1.29 is 44.8 Å². The van der Waals surface area contributed by atoms with Gasteiger partial charge in [-0.2, -0.15) is 0 Å². The van der Waals surface area contributed by atoms with E-state index in [1.165, 1.54) is 0 Å². The quantitative estimate of drug-likeness (QED) is 0.379. The monoisotopic (exact) mass is 158 g/mol. The second kappa shape index (κ2) is 38.3. The van der Waals surface area contributed by atoms with Gasteiger partial charge in [0.05, 0.1) is 0 Å². The summed E-state index contributed by atoms with van der Waals surface area (Å²) in [7, 11) is 0. The van der Waals surface area contributed by atoms with Crippen molar-refractivity contribution in [3.05, 3.63) is 0 Å². The van der Waals surface area contributed by atoms with Gasteiger partial charge in [0.2, 0.25) is 0 Å². The third kappa shape index (κ3) is 12.5. The summed E-state index contributed by atoms with van der Waals surface area (Å²) in [5.74, 6) is 0. The molecule has 0 unspecified atom stereocenters. The van der Waals surface area contributed by atoms with Gasteiger partial charge in [-0.25, -0.2) is 0 Å². The number of hydrogen-bond acceptors (Lipinski definition) is 0. The van der Waals surface area contributed by atoms with E-state index in [1.807, 2.05) is 0 Å². The van der Waals surface area contributed by atoms with Crippen LogP contribution in [0.25, 0.3) is 0 Å². The molecule has 0 rings (SSSR count). The fourth-order valence-corrected chi connectivity index (χ4v) is 0. The molecule has 36 valence electrons. The maximum absolute atomic E-state index is 0. The minimum atomic E-state index is 0. The molecule has 0 spiro atoms. The molecule has 0 aliphatic carbocycles. The molecule has 0 saturated heterocycles. The standard InChI is InChI=1S/Co.Cu.2H2O/h;;2*1H2. The maximum Gasteiger partial charge on any atom is 0 e. The molecule has 0 saturated carbocycles. The Hall–Kier alpha value is 0.946. The first-order valence-corrected chi connectivity index (χ1v) is 0. The molecule has 4 heavy (non-hydrogen) atoms. The van der Waals surface area contributed by atoms with Crippen LogP contribution in [0.15, 0.2) is 0 Å². The molecule has 0 amide bonds. The van der Waals surface area contributed by atoms with E-state index < -0.39 is 0 Å². The van der Waals surface area contributed by atoms with Crippen molar-refractivity contribution >= 4 is 0 Å². The van der Waals surface area contributed by atoms with E-state index in [-0.39, 0.29) is 44.8 Å². The fourth-order valence-electron chi connectivity index (χ4n) is 0. The Morgan fingerprint density at radius 1 is 0.750 bits per heavy atom. The molecule has 4 N–H and O–H groups in total. The zero-order valence-electron chi connectivity index (χ0n) is 1.63. The average molecular weight is 159 g/mol. The molecule has 0 aromatic rings. The fraction of sp³-hybridized carbons (Fsp3) is 0. The Balaban J connectivity index is 0. The second-order valence-corrected chi connectivity index (χ2v) is 0. The van der Waals surface area contributed by atoms with Crippen LogP contribution in [0.5, 0.6) is 0 Å². The van der Waals surface area contributed by atoms with Crippen LogP contribution in [-0.4, -0.2) is 11.0 Å². The minimum Gasteiger partial charge on any atom is -0.412 e. The summed E-state index contributed by atoms with van der Waals surface area (Å²) in [6.45, 7) is 0. The van der Waals surface area contributed by atoms with E-state index in [2.05, 4.69) is 0 Å². The first-order chi connectivity index (χ1) is 0. The van der Waals surface area contributed by atoms with E-state index in [1.54, 1.807) is 0 Å². The van der Waals surface area contributed by atoms with Crippen LogP contribution in [0.2, 0.25) is 0 Å². The summed E-state index contributed by atoms with van der Waals surface area (Å²) >= 11 is 0. The Bertz CT molecular complexity index is 6.00. The largest absolute Gasteiger partial charge is 0.412 e. The first-order valence-electron chi connectivity index (χ1n) is 0. The van der Waals surface area contributed by atoms with Gasteiger partial charge < -0.3 is 11.0 Å². The molecule has 0 aromatic carbocycles. The normalized spacial score (nSPS) is 0. The van der Waals surface area contributed by atoms with Gasteiger partial charge in [-0.1, -0.05) is 0 Å². The minimum absolute atomic E-state index is 0. The number of rotatable bonds is 0. The van der Waals surface area contributed by atoms with Gasteiger partial charge in [-0.3, -0.25) is 0 Å². The van der Waals surface area contributed by atoms with Gasteiger partial charge in [0.25, 0.3) is 0 Å². The Morgan fingerprint density at radius 2 is 0.750 bits per heavy atom. The van der Waals surface area contributed by atoms with E-state index in [4.69, 9.17) is 0 Å². The molecule has 0 atom stereocenters. The van der Waals surface area contributed by atoms with Crippen molar-refractivity contribution in [3.63, 3.8) is 0 Å². The third-order valence-electron chi connectivity index (χ3n) is 0. The third-order valence-corrected chi connectivity index (χ3v) is 0. The van der Waals surface area contributed by atoms with Crippen molar-refractivity contribution in [3.8, 4) is 0 Å². The summed E-state index contributed by atoms with van der Waals surface area (Å²) in [6.07, 6.45) is 0. The van der Waals surface area contributed by atoms with Crippen LogP contribution in [0.1, 0.15) is 0 Å². The summed E-state index contributed by atoms with van der Waals surface area (Å²) in [5, 5.41) is 0. The zero-order chi connectivity index (χ0) is 0. The number of hydrogen-bond donors (Lipinski definition) is 0. The van der Waals surface area contributed by atoms with Gasteiger partial charge in [-0.05, 0) is 0 Å². The van der Waals surface area contributed by atoms with Gasteiger partial charge in [0.1, 0.15) is 0 Å². The topological polar surface area (TPSA) is 63.0 Å². The first kappa shape index (κ1) is 86.1. The molecule has 0 bridgehead atoms. The van der Waals surface area contributed by atoms with Gasteiger partial charge in [0.15, 0.2) is 0 Å². The van der Waals surface area contributed by atoms with Gasteiger partial charge >= 0.3 is 0 Å². The molecule has 4 heteroatoms. The molecule has 2 nitrogen and oxygen atoms in total. The van der Waals surface area contributed by atoms with Crippen molar-refractivity contribution in [2.45, 2.75) is 0 Å². The average Bonchev–Trinajstić information content (AvgIpc) is 0. The Kier molecular flexibility index (Phi) is 823. The van der Waals surface area contributed by atoms with E-state index in [9.17, 15) is 0 Å². The molecular weight excluding hydrogens is 154 g/mol. The van der Waals surface area contributed by atoms with Crippen LogP contribution < -0.4 is 0 Å². The summed E-state index contributed by atoms with van der Waals surface area (Å²) in [6, 6.07) is 0. The smallest absolute Gasteiger partial charge is 0 e. The molecule has 0 aliphatic heterocycles. The molecule has 0 aliphatic rings. The SMILES string of the molecule is O.O.[Co].[Cu]. The summed E-state index contributed by atoms with van der Waals surface area (Å²) in [4.78, 5) is 0. The van der Waals surface area contributed by atoms with Crippen LogP contribution in [-0.2, 0) is 33.8 Å². The van der Waals surface area contributed by atoms with Gasteiger partial charge in [0, 0.05) is 33.8 Å². The molecular formula is H4CoCuO2. The molecule has 2 radical (unpaired) electrons. The van der Waals surface area contributed by atoms with Crippen LogP contribution in [0.4, 0.5) is 0 Å². The van der Waals surface area contributed by atoms with E-state index in [0.29, 0.717) is 0 Å². The zero-order valence-corrected chi connectivity index (χ0v) is 3.62. The Morgan fingerprint density at radius 3 is 0.750 bits per heavy atom. The summed E-state index contributed by atoms with van der Waals surface area (Å²) < 4.78 is 0. The summed E-state index contributed by atoms with van der Waals surface area (Å²) in [5.41, 5.74) is 0. The second-order valence-electron chi connectivity index (χ2n) is 0. The molecule has 0 heterocycles.